The standard InChI is InChI=1S/C27H30N4O4/c32-22-17-27(35-24-9-5-4-8-21(22)24)12-14-31(15-13-27)25-11-10-20(29-30-25)16-26(34)28-18-23(33)19-6-2-1-3-7-19/h1-11,22-23,32-33H,12-18H2,(H,28,34). The highest BCUT2D eigenvalue weighted by Crippen LogP contribution is 2.44. The summed E-state index contributed by atoms with van der Waals surface area (Å²) in [6.45, 7) is 1.65. The summed E-state index contributed by atoms with van der Waals surface area (Å²) in [7, 11) is 0. The van der Waals surface area contributed by atoms with Gasteiger partial charge in [-0.2, -0.15) is 5.10 Å². The highest BCUT2D eigenvalue weighted by molar-refractivity contribution is 5.78. The molecule has 1 fully saturated rings. The van der Waals surface area contributed by atoms with Gasteiger partial charge in [-0.15, -0.1) is 5.10 Å². The number of amides is 1. The van der Waals surface area contributed by atoms with Crippen molar-refractivity contribution in [2.45, 2.75) is 43.5 Å². The minimum atomic E-state index is -0.751. The largest absolute Gasteiger partial charge is 0.487 e. The van der Waals surface area contributed by atoms with Gasteiger partial charge in [-0.25, -0.2) is 0 Å². The fourth-order valence-electron chi connectivity index (χ4n) is 4.88. The van der Waals surface area contributed by atoms with Crippen LogP contribution in [0.3, 0.4) is 0 Å². The van der Waals surface area contributed by atoms with Crippen LogP contribution in [-0.4, -0.2) is 51.6 Å². The third kappa shape index (κ3) is 5.28. The van der Waals surface area contributed by atoms with Crippen LogP contribution in [0.25, 0.3) is 0 Å². The van der Waals surface area contributed by atoms with Gasteiger partial charge in [0.1, 0.15) is 11.4 Å². The molecule has 35 heavy (non-hydrogen) atoms. The predicted octanol–water partition coefficient (Wildman–Crippen LogP) is 2.72. The van der Waals surface area contributed by atoms with E-state index in [9.17, 15) is 15.0 Å². The minimum Gasteiger partial charge on any atom is -0.487 e. The van der Waals surface area contributed by atoms with Crippen molar-refractivity contribution in [3.05, 3.63) is 83.6 Å². The SMILES string of the molecule is O=C(Cc1ccc(N2CCC3(CC2)CC(O)c2ccccc2O3)nn1)NCC(O)c1ccccc1. The maximum atomic E-state index is 12.3. The molecule has 8 heteroatoms. The van der Waals surface area contributed by atoms with Crippen LogP contribution in [0, 0.1) is 0 Å². The number of nitrogens with one attached hydrogen (secondary N) is 1. The Hall–Kier alpha value is -3.49. The van der Waals surface area contributed by atoms with Crippen LogP contribution < -0.4 is 15.0 Å². The van der Waals surface area contributed by atoms with Crippen molar-refractivity contribution in [3.63, 3.8) is 0 Å². The third-order valence-electron chi connectivity index (χ3n) is 6.89. The molecule has 5 rings (SSSR count). The van der Waals surface area contributed by atoms with Gasteiger partial charge in [0.15, 0.2) is 5.82 Å². The topological polar surface area (TPSA) is 108 Å². The Balaban J connectivity index is 1.12. The Morgan fingerprint density at radius 2 is 1.80 bits per heavy atom. The van der Waals surface area contributed by atoms with Crippen molar-refractivity contribution in [1.82, 2.24) is 15.5 Å². The van der Waals surface area contributed by atoms with Crippen LogP contribution in [0.4, 0.5) is 5.82 Å². The highest BCUT2D eigenvalue weighted by atomic mass is 16.5. The summed E-state index contributed by atoms with van der Waals surface area (Å²) < 4.78 is 6.36. The molecule has 1 saturated heterocycles. The first-order valence-electron chi connectivity index (χ1n) is 12.0. The van der Waals surface area contributed by atoms with E-state index in [0.29, 0.717) is 12.1 Å². The lowest BCUT2D eigenvalue weighted by Gasteiger charge is -2.46. The normalized spacial score (nSPS) is 19.5. The monoisotopic (exact) mass is 474 g/mol. The van der Waals surface area contributed by atoms with E-state index in [1.807, 2.05) is 66.7 Å². The zero-order chi connectivity index (χ0) is 24.3. The average molecular weight is 475 g/mol. The predicted molar refractivity (Wildman–Crippen MR) is 131 cm³/mol. The lowest BCUT2D eigenvalue weighted by Crippen LogP contribution is -2.50. The number of aliphatic hydroxyl groups is 2. The maximum Gasteiger partial charge on any atom is 0.226 e. The molecule has 182 valence electrons. The van der Waals surface area contributed by atoms with E-state index in [4.69, 9.17) is 4.74 Å². The molecule has 1 amide bonds. The summed E-state index contributed by atoms with van der Waals surface area (Å²) in [6.07, 6.45) is 1.01. The van der Waals surface area contributed by atoms with Gasteiger partial charge in [0.05, 0.1) is 24.3 Å². The summed E-state index contributed by atoms with van der Waals surface area (Å²) in [5, 5.41) is 32.2. The van der Waals surface area contributed by atoms with Crippen molar-refractivity contribution in [2.24, 2.45) is 0 Å². The minimum absolute atomic E-state index is 0.100. The highest BCUT2D eigenvalue weighted by Gasteiger charge is 2.43. The zero-order valence-electron chi connectivity index (χ0n) is 19.5. The molecule has 2 aliphatic rings. The van der Waals surface area contributed by atoms with E-state index in [-0.39, 0.29) is 24.5 Å². The van der Waals surface area contributed by atoms with Gasteiger partial charge in [0.25, 0.3) is 0 Å². The molecule has 8 nitrogen and oxygen atoms in total. The third-order valence-corrected chi connectivity index (χ3v) is 6.89. The molecule has 3 heterocycles. The van der Waals surface area contributed by atoms with Crippen molar-refractivity contribution >= 4 is 11.7 Å². The van der Waals surface area contributed by atoms with Gasteiger partial charge in [-0.05, 0) is 23.8 Å². The van der Waals surface area contributed by atoms with Crippen molar-refractivity contribution in [2.75, 3.05) is 24.5 Å². The second-order valence-corrected chi connectivity index (χ2v) is 9.32. The van der Waals surface area contributed by atoms with E-state index < -0.39 is 12.2 Å². The number of carbonyl (C=O) groups excluding carboxylic acids is 1. The molecule has 0 radical (unpaired) electrons. The number of nitrogens with zero attached hydrogens (tertiary/aromatic N) is 3. The summed E-state index contributed by atoms with van der Waals surface area (Å²) in [5.74, 6) is 1.33. The summed E-state index contributed by atoms with van der Waals surface area (Å²) in [6, 6.07) is 20.6. The Morgan fingerprint density at radius 3 is 2.54 bits per heavy atom. The Morgan fingerprint density at radius 1 is 1.06 bits per heavy atom. The number of anilines is 1. The van der Waals surface area contributed by atoms with Gasteiger partial charge in [0, 0.05) is 44.5 Å². The maximum absolute atomic E-state index is 12.3. The Labute approximate surface area is 204 Å². The molecule has 0 aliphatic carbocycles. The fraction of sp³-hybridized carbons (Fsp3) is 0.370. The molecular weight excluding hydrogens is 444 g/mol. The number of carbonyl (C=O) groups is 1. The first kappa shape index (κ1) is 23.3. The number of piperidine rings is 1. The lowest BCUT2D eigenvalue weighted by molar-refractivity contribution is -0.121. The van der Waals surface area contributed by atoms with Crippen molar-refractivity contribution < 1.29 is 19.7 Å². The van der Waals surface area contributed by atoms with Crippen LogP contribution in [0.1, 0.15) is 48.3 Å². The van der Waals surface area contributed by atoms with Crippen LogP contribution in [0.5, 0.6) is 5.75 Å². The smallest absolute Gasteiger partial charge is 0.226 e. The number of hydrogen-bond acceptors (Lipinski definition) is 7. The second-order valence-electron chi connectivity index (χ2n) is 9.32. The molecule has 1 aromatic heterocycles. The molecule has 1 spiro atoms. The van der Waals surface area contributed by atoms with Crippen molar-refractivity contribution in [3.8, 4) is 5.75 Å². The average Bonchev–Trinajstić information content (AvgIpc) is 2.89. The van der Waals surface area contributed by atoms with Crippen molar-refractivity contribution in [1.29, 1.82) is 0 Å². The van der Waals surface area contributed by atoms with Gasteiger partial charge < -0.3 is 25.2 Å². The number of para-hydroxylation sites is 1. The molecule has 0 bridgehead atoms. The van der Waals surface area contributed by atoms with Crippen LogP contribution in [0.15, 0.2) is 66.7 Å². The number of benzene rings is 2. The second kappa shape index (κ2) is 10.0. The summed E-state index contributed by atoms with van der Waals surface area (Å²) in [4.78, 5) is 14.4. The molecule has 2 unspecified atom stereocenters. The van der Waals surface area contributed by atoms with Crippen LogP contribution in [-0.2, 0) is 11.2 Å². The lowest BCUT2D eigenvalue weighted by atomic mass is 9.81. The summed E-state index contributed by atoms with van der Waals surface area (Å²) in [5.41, 5.74) is 1.84. The Bertz CT molecular complexity index is 1150. The quantitative estimate of drug-likeness (QED) is 0.504. The molecular formula is C27H30N4O4. The van der Waals surface area contributed by atoms with E-state index in [2.05, 4.69) is 20.4 Å². The first-order valence-corrected chi connectivity index (χ1v) is 12.0. The van der Waals surface area contributed by atoms with Crippen LogP contribution in [0.2, 0.25) is 0 Å². The van der Waals surface area contributed by atoms with Crippen LogP contribution >= 0.6 is 0 Å². The first-order chi connectivity index (χ1) is 17.0. The number of rotatable bonds is 6. The fourth-order valence-corrected chi connectivity index (χ4v) is 4.88. The molecule has 2 atom stereocenters. The van der Waals surface area contributed by atoms with E-state index in [0.717, 1.165) is 48.6 Å². The van der Waals surface area contributed by atoms with E-state index in [1.165, 1.54) is 0 Å². The van der Waals surface area contributed by atoms with Gasteiger partial charge in [0.2, 0.25) is 5.91 Å². The molecule has 2 aromatic carbocycles. The van der Waals surface area contributed by atoms with Gasteiger partial charge in [-0.3, -0.25) is 4.79 Å². The van der Waals surface area contributed by atoms with E-state index >= 15 is 0 Å². The molecule has 3 aromatic rings. The molecule has 3 N–H and O–H groups in total. The Kier molecular flexibility index (Phi) is 6.66. The summed E-state index contributed by atoms with van der Waals surface area (Å²) >= 11 is 0. The number of aliphatic hydroxyl groups excluding tert-OH is 2. The molecule has 0 saturated carbocycles. The van der Waals surface area contributed by atoms with E-state index in [1.54, 1.807) is 0 Å². The van der Waals surface area contributed by atoms with Gasteiger partial charge in [-0.1, -0.05) is 48.5 Å². The zero-order valence-corrected chi connectivity index (χ0v) is 19.5. The number of ether oxygens (including phenoxy) is 1. The van der Waals surface area contributed by atoms with Gasteiger partial charge >= 0.3 is 0 Å². The number of aromatic nitrogens is 2. The molecule has 2 aliphatic heterocycles. The number of fused-ring (bicyclic) bond motifs is 1. The number of hydrogen-bond donors (Lipinski definition) is 3.